The molecule has 0 saturated carbocycles. The van der Waals surface area contributed by atoms with Crippen LogP contribution in [-0.4, -0.2) is 29.3 Å². The van der Waals surface area contributed by atoms with Crippen LogP contribution in [0, 0.1) is 6.92 Å². The van der Waals surface area contributed by atoms with Crippen molar-refractivity contribution >= 4 is 0 Å². The molecule has 0 radical (unpaired) electrons. The maximum atomic E-state index is 5.90. The van der Waals surface area contributed by atoms with Crippen LogP contribution in [0.25, 0.3) is 0 Å². The lowest BCUT2D eigenvalue weighted by molar-refractivity contribution is 0.254. The number of aromatic nitrogens is 2. The van der Waals surface area contributed by atoms with Gasteiger partial charge in [-0.15, -0.1) is 0 Å². The predicted octanol–water partition coefficient (Wildman–Crippen LogP) is 3.19. The molecule has 5 nitrogen and oxygen atoms in total. The van der Waals surface area contributed by atoms with E-state index < -0.39 is 0 Å². The molecule has 1 N–H and O–H groups in total. The Labute approximate surface area is 149 Å². The Kier molecular flexibility index (Phi) is 4.42. The first kappa shape index (κ1) is 16.5. The fourth-order valence-electron chi connectivity index (χ4n) is 4.09. The average Bonchev–Trinajstić information content (AvgIpc) is 3.14. The number of hydrogen-bond donors (Lipinski definition) is 1. The van der Waals surface area contributed by atoms with Crippen molar-refractivity contribution in [2.45, 2.75) is 58.2 Å². The number of aryl methyl sites for hydroxylation is 2. The van der Waals surface area contributed by atoms with Crippen LogP contribution in [0.5, 0.6) is 11.5 Å². The van der Waals surface area contributed by atoms with E-state index >= 15 is 0 Å². The number of benzene rings is 1. The first-order valence-electron chi connectivity index (χ1n) is 9.25. The Morgan fingerprint density at radius 2 is 2.28 bits per heavy atom. The molecule has 134 valence electrons. The van der Waals surface area contributed by atoms with Gasteiger partial charge in [-0.25, -0.2) is 4.98 Å². The highest BCUT2D eigenvalue weighted by Gasteiger charge is 2.23. The number of rotatable bonds is 5. The number of imidazole rings is 1. The summed E-state index contributed by atoms with van der Waals surface area (Å²) in [7, 11) is 1.74. The van der Waals surface area contributed by atoms with E-state index in [9.17, 15) is 0 Å². The van der Waals surface area contributed by atoms with Crippen molar-refractivity contribution in [3.8, 4) is 11.5 Å². The summed E-state index contributed by atoms with van der Waals surface area (Å²) in [6, 6.07) is 4.27. The van der Waals surface area contributed by atoms with Crippen molar-refractivity contribution in [3.63, 3.8) is 0 Å². The van der Waals surface area contributed by atoms with Crippen LogP contribution < -0.4 is 14.8 Å². The van der Waals surface area contributed by atoms with Gasteiger partial charge in [-0.3, -0.25) is 0 Å². The Hall–Kier alpha value is -2.01. The largest absolute Gasteiger partial charge is 0.496 e. The first-order chi connectivity index (χ1) is 12.1. The van der Waals surface area contributed by atoms with E-state index in [1.165, 1.54) is 24.2 Å². The third-order valence-electron chi connectivity index (χ3n) is 5.25. The maximum Gasteiger partial charge on any atom is 0.123 e. The summed E-state index contributed by atoms with van der Waals surface area (Å²) in [6.45, 7) is 7.00. The number of fused-ring (bicyclic) bond motifs is 2. The molecule has 2 aromatic rings. The molecule has 4 rings (SSSR count). The molecule has 0 bridgehead atoms. The van der Waals surface area contributed by atoms with Gasteiger partial charge in [0.05, 0.1) is 12.8 Å². The zero-order valence-electron chi connectivity index (χ0n) is 15.3. The summed E-state index contributed by atoms with van der Waals surface area (Å²) in [5.74, 6) is 3.67. The lowest BCUT2D eigenvalue weighted by Gasteiger charge is -2.24. The second-order valence-electron chi connectivity index (χ2n) is 7.31. The van der Waals surface area contributed by atoms with Gasteiger partial charge >= 0.3 is 0 Å². The highest BCUT2D eigenvalue weighted by atomic mass is 16.5. The van der Waals surface area contributed by atoms with E-state index in [4.69, 9.17) is 14.5 Å². The van der Waals surface area contributed by atoms with Gasteiger partial charge in [0.1, 0.15) is 23.4 Å². The topological polar surface area (TPSA) is 48.3 Å². The fraction of sp³-hybridized carbons (Fsp3) is 0.550. The minimum atomic E-state index is 0.257. The molecule has 1 aromatic heterocycles. The van der Waals surface area contributed by atoms with Crippen molar-refractivity contribution in [2.24, 2.45) is 0 Å². The summed E-state index contributed by atoms with van der Waals surface area (Å²) in [5.41, 5.74) is 3.53. The van der Waals surface area contributed by atoms with Gasteiger partial charge in [-0.2, -0.15) is 0 Å². The summed E-state index contributed by atoms with van der Waals surface area (Å²) >= 11 is 0. The Bertz CT molecular complexity index is 769. The van der Waals surface area contributed by atoms with Gasteiger partial charge < -0.3 is 19.4 Å². The molecule has 2 aliphatic rings. The molecule has 0 amide bonds. The molecule has 1 aromatic carbocycles. The number of nitrogens with zero attached hydrogens (tertiary/aromatic N) is 2. The smallest absolute Gasteiger partial charge is 0.123 e. The molecular weight excluding hydrogens is 314 g/mol. The maximum absolute atomic E-state index is 5.90. The van der Waals surface area contributed by atoms with Crippen LogP contribution >= 0.6 is 0 Å². The lowest BCUT2D eigenvalue weighted by atomic mass is 9.98. The average molecular weight is 341 g/mol. The van der Waals surface area contributed by atoms with E-state index in [2.05, 4.69) is 42.1 Å². The molecule has 3 heterocycles. The SMILES string of the molecule is COc1cc2c(cc1CNCC1CCCn3cc(C)nc31)OC(C)C2. The zero-order valence-corrected chi connectivity index (χ0v) is 15.3. The second-order valence-corrected chi connectivity index (χ2v) is 7.31. The van der Waals surface area contributed by atoms with Gasteiger partial charge in [-0.1, -0.05) is 0 Å². The van der Waals surface area contributed by atoms with Crippen molar-refractivity contribution in [3.05, 3.63) is 41.0 Å². The van der Waals surface area contributed by atoms with E-state index in [0.717, 1.165) is 48.8 Å². The van der Waals surface area contributed by atoms with Crippen molar-refractivity contribution in [2.75, 3.05) is 13.7 Å². The van der Waals surface area contributed by atoms with Crippen LogP contribution in [0.2, 0.25) is 0 Å². The molecular formula is C20H27N3O2. The van der Waals surface area contributed by atoms with E-state index in [1.807, 2.05) is 0 Å². The molecule has 0 fully saturated rings. The molecule has 0 spiro atoms. The molecule has 25 heavy (non-hydrogen) atoms. The normalized spacial score (nSPS) is 21.6. The van der Waals surface area contributed by atoms with Crippen molar-refractivity contribution in [1.82, 2.24) is 14.9 Å². The van der Waals surface area contributed by atoms with E-state index in [0.29, 0.717) is 5.92 Å². The zero-order chi connectivity index (χ0) is 17.4. The highest BCUT2D eigenvalue weighted by Crippen LogP contribution is 2.35. The molecule has 0 saturated heterocycles. The number of hydrogen-bond acceptors (Lipinski definition) is 4. The van der Waals surface area contributed by atoms with Crippen molar-refractivity contribution < 1.29 is 9.47 Å². The quantitative estimate of drug-likeness (QED) is 0.907. The minimum absolute atomic E-state index is 0.257. The first-order valence-corrected chi connectivity index (χ1v) is 9.25. The Morgan fingerprint density at radius 1 is 1.40 bits per heavy atom. The monoisotopic (exact) mass is 341 g/mol. The summed E-state index contributed by atoms with van der Waals surface area (Å²) in [6.07, 6.45) is 5.81. The van der Waals surface area contributed by atoms with Crippen molar-refractivity contribution in [1.29, 1.82) is 0 Å². The van der Waals surface area contributed by atoms with Gasteiger partial charge in [0.25, 0.3) is 0 Å². The van der Waals surface area contributed by atoms with Crippen LogP contribution in [0.4, 0.5) is 0 Å². The summed E-state index contributed by atoms with van der Waals surface area (Å²) in [5, 5.41) is 3.61. The standard InChI is InChI=1S/C20H27N3O2/c1-13-12-23-6-4-5-15(20(23)22-13)10-21-11-17-9-19-16(7-14(2)25-19)8-18(17)24-3/h8-9,12,14-15,21H,4-7,10-11H2,1-3H3. The molecule has 2 aliphatic heterocycles. The summed E-state index contributed by atoms with van der Waals surface area (Å²) < 4.78 is 13.8. The third kappa shape index (κ3) is 3.25. The predicted molar refractivity (Wildman–Crippen MR) is 97.4 cm³/mol. The van der Waals surface area contributed by atoms with Gasteiger partial charge in [-0.05, 0) is 38.8 Å². The Balaban J connectivity index is 1.43. The minimum Gasteiger partial charge on any atom is -0.496 e. The van der Waals surface area contributed by atoms with E-state index in [-0.39, 0.29) is 6.10 Å². The molecule has 0 aliphatic carbocycles. The second kappa shape index (κ2) is 6.71. The van der Waals surface area contributed by atoms with Crippen LogP contribution in [0.1, 0.15) is 48.3 Å². The van der Waals surface area contributed by atoms with E-state index in [1.54, 1.807) is 7.11 Å². The lowest BCUT2D eigenvalue weighted by Crippen LogP contribution is -2.26. The number of nitrogens with one attached hydrogen (secondary N) is 1. The van der Waals surface area contributed by atoms with Crippen LogP contribution in [0.15, 0.2) is 18.3 Å². The molecule has 5 heteroatoms. The third-order valence-corrected chi connectivity index (χ3v) is 5.25. The summed E-state index contributed by atoms with van der Waals surface area (Å²) in [4.78, 5) is 4.73. The number of ether oxygens (including phenoxy) is 2. The van der Waals surface area contributed by atoms with Gasteiger partial charge in [0.2, 0.25) is 0 Å². The van der Waals surface area contributed by atoms with Crippen LogP contribution in [0.3, 0.4) is 0 Å². The van der Waals surface area contributed by atoms with Gasteiger partial charge in [0, 0.05) is 49.3 Å². The fourth-order valence-corrected chi connectivity index (χ4v) is 4.09. The molecule has 2 atom stereocenters. The Morgan fingerprint density at radius 3 is 3.12 bits per heavy atom. The van der Waals surface area contributed by atoms with Crippen LogP contribution in [-0.2, 0) is 19.5 Å². The number of methoxy groups -OCH3 is 1. The molecule has 2 unspecified atom stereocenters. The van der Waals surface area contributed by atoms with Gasteiger partial charge in [0.15, 0.2) is 0 Å². The highest BCUT2D eigenvalue weighted by molar-refractivity contribution is 5.48.